The number of carbonyl (C=O) groups excluding carboxylic acids is 1. The van der Waals surface area contributed by atoms with Gasteiger partial charge in [0.05, 0.1) is 12.5 Å². The van der Waals surface area contributed by atoms with Crippen molar-refractivity contribution in [3.63, 3.8) is 0 Å². The summed E-state index contributed by atoms with van der Waals surface area (Å²) in [6, 6.07) is 14.1. The summed E-state index contributed by atoms with van der Waals surface area (Å²) >= 11 is 0. The van der Waals surface area contributed by atoms with Gasteiger partial charge in [-0.3, -0.25) is 9.69 Å². The molecule has 2 aromatic carbocycles. The van der Waals surface area contributed by atoms with Gasteiger partial charge in [0.1, 0.15) is 5.75 Å². The second-order valence-electron chi connectivity index (χ2n) is 8.07. The third-order valence-electron chi connectivity index (χ3n) is 6.30. The Hall–Kier alpha value is -2.73. The molecular formula is C23H26N2O4. The first-order chi connectivity index (χ1) is 14.2. The largest absolute Gasteiger partial charge is 0.497 e. The Kier molecular flexibility index (Phi) is 4.59. The van der Waals surface area contributed by atoms with Crippen molar-refractivity contribution in [2.75, 3.05) is 40.1 Å². The van der Waals surface area contributed by atoms with E-state index in [0.29, 0.717) is 6.79 Å². The highest BCUT2D eigenvalue weighted by Crippen LogP contribution is 2.50. The minimum absolute atomic E-state index is 0.283. The molecule has 6 heteroatoms. The molecule has 1 amide bonds. The predicted octanol–water partition coefficient (Wildman–Crippen LogP) is 2.80. The van der Waals surface area contributed by atoms with Crippen molar-refractivity contribution in [1.82, 2.24) is 9.80 Å². The van der Waals surface area contributed by atoms with Crippen LogP contribution in [0.3, 0.4) is 0 Å². The van der Waals surface area contributed by atoms with Crippen LogP contribution in [0.4, 0.5) is 0 Å². The number of nitrogens with zero attached hydrogens (tertiary/aromatic N) is 2. The average molecular weight is 394 g/mol. The SMILES string of the molecule is COc1ccc(C2(C(=O)N3CCN(Cc4ccc5c(c4)OCO5)CC3)CC2)cc1. The summed E-state index contributed by atoms with van der Waals surface area (Å²) in [5.74, 6) is 2.75. The normalized spacial score (nSPS) is 19.8. The average Bonchev–Trinajstić information content (AvgIpc) is 3.45. The highest BCUT2D eigenvalue weighted by Gasteiger charge is 2.53. The molecule has 29 heavy (non-hydrogen) atoms. The van der Waals surface area contributed by atoms with Gasteiger partial charge in [-0.25, -0.2) is 0 Å². The summed E-state index contributed by atoms with van der Waals surface area (Å²) in [6.45, 7) is 4.50. The molecule has 152 valence electrons. The first kappa shape index (κ1) is 18.3. The number of hydrogen-bond acceptors (Lipinski definition) is 5. The summed E-state index contributed by atoms with van der Waals surface area (Å²) < 4.78 is 16.1. The maximum Gasteiger partial charge on any atom is 0.233 e. The summed E-state index contributed by atoms with van der Waals surface area (Å²) in [6.07, 6.45) is 1.88. The van der Waals surface area contributed by atoms with Crippen LogP contribution in [0.2, 0.25) is 0 Å². The highest BCUT2D eigenvalue weighted by atomic mass is 16.7. The van der Waals surface area contributed by atoms with E-state index in [2.05, 4.69) is 17.0 Å². The molecule has 1 saturated carbocycles. The van der Waals surface area contributed by atoms with Crippen molar-refractivity contribution in [2.45, 2.75) is 24.8 Å². The molecule has 6 nitrogen and oxygen atoms in total. The van der Waals surface area contributed by atoms with Crippen molar-refractivity contribution in [2.24, 2.45) is 0 Å². The van der Waals surface area contributed by atoms with Gasteiger partial charge in [-0.2, -0.15) is 0 Å². The smallest absolute Gasteiger partial charge is 0.233 e. The summed E-state index contributed by atoms with van der Waals surface area (Å²) in [4.78, 5) is 17.7. The number of amides is 1. The van der Waals surface area contributed by atoms with Gasteiger partial charge in [0.15, 0.2) is 11.5 Å². The lowest BCUT2D eigenvalue weighted by Crippen LogP contribution is -2.51. The van der Waals surface area contributed by atoms with Crippen molar-refractivity contribution in [1.29, 1.82) is 0 Å². The van der Waals surface area contributed by atoms with E-state index in [0.717, 1.165) is 68.4 Å². The molecule has 3 aliphatic rings. The molecule has 2 aromatic rings. The first-order valence-corrected chi connectivity index (χ1v) is 10.2. The van der Waals surface area contributed by atoms with E-state index in [4.69, 9.17) is 14.2 Å². The molecule has 0 aromatic heterocycles. The number of rotatable bonds is 5. The monoisotopic (exact) mass is 394 g/mol. The molecule has 0 N–H and O–H groups in total. The van der Waals surface area contributed by atoms with Crippen LogP contribution in [0.25, 0.3) is 0 Å². The van der Waals surface area contributed by atoms with Crippen LogP contribution in [0, 0.1) is 0 Å². The van der Waals surface area contributed by atoms with Crippen molar-refractivity contribution < 1.29 is 19.0 Å². The molecule has 0 bridgehead atoms. The summed E-state index contributed by atoms with van der Waals surface area (Å²) in [5, 5.41) is 0. The Morgan fingerprint density at radius 1 is 1.00 bits per heavy atom. The van der Waals surface area contributed by atoms with E-state index in [1.807, 2.05) is 35.2 Å². The van der Waals surface area contributed by atoms with E-state index in [1.54, 1.807) is 7.11 Å². The molecule has 0 radical (unpaired) electrons. The highest BCUT2D eigenvalue weighted by molar-refractivity contribution is 5.91. The second-order valence-corrected chi connectivity index (χ2v) is 8.07. The minimum Gasteiger partial charge on any atom is -0.497 e. The third-order valence-corrected chi connectivity index (χ3v) is 6.30. The lowest BCUT2D eigenvalue weighted by Gasteiger charge is -2.36. The van der Waals surface area contributed by atoms with Crippen molar-refractivity contribution in [3.8, 4) is 17.2 Å². The zero-order valence-corrected chi connectivity index (χ0v) is 16.7. The first-order valence-electron chi connectivity index (χ1n) is 10.2. The maximum atomic E-state index is 13.3. The zero-order valence-electron chi connectivity index (χ0n) is 16.7. The number of methoxy groups -OCH3 is 1. The fourth-order valence-electron chi connectivity index (χ4n) is 4.37. The second kappa shape index (κ2) is 7.26. The van der Waals surface area contributed by atoms with Crippen LogP contribution < -0.4 is 14.2 Å². The van der Waals surface area contributed by atoms with Gasteiger partial charge in [-0.1, -0.05) is 18.2 Å². The molecule has 0 spiro atoms. The van der Waals surface area contributed by atoms with Crippen LogP contribution in [-0.2, 0) is 16.8 Å². The molecule has 1 aliphatic carbocycles. The third kappa shape index (κ3) is 3.42. The quantitative estimate of drug-likeness (QED) is 0.781. The lowest BCUT2D eigenvalue weighted by molar-refractivity contribution is -0.135. The Bertz CT molecular complexity index is 900. The minimum atomic E-state index is -0.314. The Morgan fingerprint density at radius 3 is 2.41 bits per heavy atom. The fourth-order valence-corrected chi connectivity index (χ4v) is 4.37. The van der Waals surface area contributed by atoms with Crippen molar-refractivity contribution >= 4 is 5.91 Å². The number of carbonyl (C=O) groups is 1. The topological polar surface area (TPSA) is 51.2 Å². The standard InChI is InChI=1S/C23H26N2O4/c1-27-19-5-3-18(4-6-19)23(8-9-23)22(26)25-12-10-24(11-13-25)15-17-2-7-20-21(14-17)29-16-28-20/h2-7,14H,8-13,15-16H2,1H3. The van der Waals surface area contributed by atoms with Gasteiger partial charge in [0, 0.05) is 32.7 Å². The number of hydrogen-bond donors (Lipinski definition) is 0. The van der Waals surface area contributed by atoms with Gasteiger partial charge in [0.25, 0.3) is 0 Å². The van der Waals surface area contributed by atoms with Crippen LogP contribution >= 0.6 is 0 Å². The molecule has 1 saturated heterocycles. The zero-order chi connectivity index (χ0) is 19.8. The Morgan fingerprint density at radius 2 is 1.72 bits per heavy atom. The molecular weight excluding hydrogens is 368 g/mol. The van der Waals surface area contributed by atoms with E-state index in [1.165, 1.54) is 5.56 Å². The Balaban J connectivity index is 1.19. The van der Waals surface area contributed by atoms with Crippen LogP contribution in [-0.4, -0.2) is 55.8 Å². The lowest BCUT2D eigenvalue weighted by atomic mass is 9.94. The molecule has 0 atom stereocenters. The van der Waals surface area contributed by atoms with E-state index >= 15 is 0 Å². The number of fused-ring (bicyclic) bond motifs is 1. The van der Waals surface area contributed by atoms with Gasteiger partial charge >= 0.3 is 0 Å². The van der Waals surface area contributed by atoms with Crippen LogP contribution in [0.15, 0.2) is 42.5 Å². The van der Waals surface area contributed by atoms with E-state index in [9.17, 15) is 4.79 Å². The molecule has 2 aliphatic heterocycles. The summed E-state index contributed by atoms with van der Waals surface area (Å²) in [7, 11) is 1.66. The molecule has 2 heterocycles. The number of benzene rings is 2. The summed E-state index contributed by atoms with van der Waals surface area (Å²) in [5.41, 5.74) is 2.02. The van der Waals surface area contributed by atoms with E-state index < -0.39 is 0 Å². The molecule has 0 unspecified atom stereocenters. The van der Waals surface area contributed by atoms with E-state index in [-0.39, 0.29) is 11.3 Å². The van der Waals surface area contributed by atoms with Gasteiger partial charge in [-0.05, 0) is 48.2 Å². The van der Waals surface area contributed by atoms with Crippen LogP contribution in [0.5, 0.6) is 17.2 Å². The van der Waals surface area contributed by atoms with Crippen LogP contribution in [0.1, 0.15) is 24.0 Å². The number of ether oxygens (including phenoxy) is 3. The maximum absolute atomic E-state index is 13.3. The fraction of sp³-hybridized carbons (Fsp3) is 0.435. The van der Waals surface area contributed by atoms with Gasteiger partial charge in [-0.15, -0.1) is 0 Å². The van der Waals surface area contributed by atoms with Crippen molar-refractivity contribution in [3.05, 3.63) is 53.6 Å². The van der Waals surface area contributed by atoms with Gasteiger partial charge < -0.3 is 19.1 Å². The Labute approximate surface area is 171 Å². The number of piperazine rings is 1. The predicted molar refractivity (Wildman–Crippen MR) is 108 cm³/mol. The molecule has 2 fully saturated rings. The van der Waals surface area contributed by atoms with Gasteiger partial charge in [0.2, 0.25) is 12.7 Å². The molecule has 5 rings (SSSR count).